The molecule has 1 fully saturated rings. The number of β-amino-alcohol motifs (C(OH)–C–C–N with tert-alkyl or cyclic N) is 1. The van der Waals surface area contributed by atoms with Gasteiger partial charge in [0.25, 0.3) is 5.91 Å². The maximum absolute atomic E-state index is 13.7. The zero-order chi connectivity index (χ0) is 19.1. The molecule has 0 spiro atoms. The molecule has 0 radical (unpaired) electrons. The minimum absolute atomic E-state index is 0.122. The average Bonchev–Trinajstić information content (AvgIpc) is 3.13. The van der Waals surface area contributed by atoms with Crippen LogP contribution >= 0.6 is 0 Å². The number of methoxy groups -OCH3 is 1. The van der Waals surface area contributed by atoms with Gasteiger partial charge in [-0.3, -0.25) is 4.79 Å². The van der Waals surface area contributed by atoms with Gasteiger partial charge in [0.2, 0.25) is 0 Å². The van der Waals surface area contributed by atoms with Crippen molar-refractivity contribution < 1.29 is 23.4 Å². The minimum atomic E-state index is -0.821. The van der Waals surface area contributed by atoms with Gasteiger partial charge >= 0.3 is 0 Å². The van der Waals surface area contributed by atoms with Crippen molar-refractivity contribution in [3.8, 4) is 0 Å². The molecule has 27 heavy (non-hydrogen) atoms. The lowest BCUT2D eigenvalue weighted by molar-refractivity contribution is -0.137. The second-order valence-electron chi connectivity index (χ2n) is 6.88. The number of benzene rings is 2. The van der Waals surface area contributed by atoms with E-state index in [2.05, 4.69) is 0 Å². The van der Waals surface area contributed by atoms with Crippen LogP contribution in [0.1, 0.15) is 6.42 Å². The van der Waals surface area contributed by atoms with Crippen molar-refractivity contribution >= 4 is 27.7 Å². The predicted molar refractivity (Wildman–Crippen MR) is 97.4 cm³/mol. The maximum Gasteiger partial charge on any atom is 0.251 e. The Balaban J connectivity index is 1.66. The molecule has 1 saturated heterocycles. The summed E-state index contributed by atoms with van der Waals surface area (Å²) in [7, 11) is 1.50. The van der Waals surface area contributed by atoms with Gasteiger partial charge in [-0.1, -0.05) is 0 Å². The third-order valence-corrected chi connectivity index (χ3v) is 5.15. The Bertz CT molecular complexity index is 958. The van der Waals surface area contributed by atoms with Crippen LogP contribution in [0.4, 0.5) is 8.78 Å². The van der Waals surface area contributed by atoms with Crippen LogP contribution in [0.5, 0.6) is 0 Å². The van der Waals surface area contributed by atoms with Gasteiger partial charge in [-0.05, 0) is 36.4 Å². The number of likely N-dealkylation sites (tertiary alicyclic amines) is 1. The Labute approximate surface area is 154 Å². The Hall–Kier alpha value is -2.51. The van der Waals surface area contributed by atoms with Crippen LogP contribution in [0.25, 0.3) is 21.8 Å². The topological polar surface area (TPSA) is 54.7 Å². The fourth-order valence-electron chi connectivity index (χ4n) is 3.88. The number of aliphatic hydroxyl groups is 1. The third-order valence-electron chi connectivity index (χ3n) is 5.15. The van der Waals surface area contributed by atoms with Crippen molar-refractivity contribution in [1.29, 1.82) is 0 Å². The first kappa shape index (κ1) is 17.9. The maximum atomic E-state index is 13.7. The van der Waals surface area contributed by atoms with Crippen LogP contribution in [0.15, 0.2) is 36.4 Å². The van der Waals surface area contributed by atoms with E-state index >= 15 is 0 Å². The van der Waals surface area contributed by atoms with E-state index in [1.165, 1.54) is 31.4 Å². The Morgan fingerprint density at radius 2 is 1.70 bits per heavy atom. The number of carbonyl (C=O) groups is 1. The summed E-state index contributed by atoms with van der Waals surface area (Å²) >= 11 is 0. The highest BCUT2D eigenvalue weighted by Gasteiger charge is 2.32. The number of hydrogen-bond donors (Lipinski definition) is 1. The molecule has 3 aromatic rings. The molecule has 1 aromatic heterocycles. The zero-order valence-electron chi connectivity index (χ0n) is 14.9. The van der Waals surface area contributed by atoms with Gasteiger partial charge in [0.05, 0.1) is 12.6 Å². The molecule has 7 heteroatoms. The van der Waals surface area contributed by atoms with Gasteiger partial charge in [-0.15, -0.1) is 0 Å². The van der Waals surface area contributed by atoms with E-state index in [9.17, 15) is 18.7 Å². The monoisotopic (exact) mass is 374 g/mol. The molecule has 5 nitrogen and oxygen atoms in total. The molecule has 2 heterocycles. The second-order valence-corrected chi connectivity index (χ2v) is 6.88. The fraction of sp³-hybridized carbons (Fsp3) is 0.350. The lowest BCUT2D eigenvalue weighted by Crippen LogP contribution is -2.38. The van der Waals surface area contributed by atoms with Gasteiger partial charge < -0.3 is 19.3 Å². The Kier molecular flexibility index (Phi) is 4.57. The molecule has 4 rings (SSSR count). The average molecular weight is 374 g/mol. The molecule has 1 aliphatic heterocycles. The first-order valence-corrected chi connectivity index (χ1v) is 8.84. The van der Waals surface area contributed by atoms with Crippen molar-refractivity contribution in [2.24, 2.45) is 0 Å². The molecule has 0 saturated carbocycles. The van der Waals surface area contributed by atoms with Crippen molar-refractivity contribution in [3.63, 3.8) is 0 Å². The number of nitrogens with zero attached hydrogens (tertiary/aromatic N) is 2. The van der Waals surface area contributed by atoms with Crippen LogP contribution in [0.3, 0.4) is 0 Å². The van der Waals surface area contributed by atoms with E-state index in [0.29, 0.717) is 34.8 Å². The zero-order valence-corrected chi connectivity index (χ0v) is 14.9. The highest BCUT2D eigenvalue weighted by molar-refractivity contribution is 6.08. The smallest absolute Gasteiger partial charge is 0.251 e. The van der Waals surface area contributed by atoms with Crippen molar-refractivity contribution in [3.05, 3.63) is 48.0 Å². The highest BCUT2D eigenvalue weighted by Crippen LogP contribution is 2.30. The van der Waals surface area contributed by atoms with E-state index in [-0.39, 0.29) is 19.0 Å². The summed E-state index contributed by atoms with van der Waals surface area (Å²) in [5.74, 6) is -0.929. The van der Waals surface area contributed by atoms with E-state index in [0.717, 1.165) is 0 Å². The summed E-state index contributed by atoms with van der Waals surface area (Å²) in [6, 6.07) is 8.66. The quantitative estimate of drug-likeness (QED) is 0.747. The molecular weight excluding hydrogens is 354 g/mol. The number of carbonyl (C=O) groups excluding carboxylic acids is 1. The number of hydrogen-bond acceptors (Lipinski definition) is 3. The molecule has 2 atom stereocenters. The summed E-state index contributed by atoms with van der Waals surface area (Å²) in [6.07, 6.45) is -0.662. The summed E-state index contributed by atoms with van der Waals surface area (Å²) in [4.78, 5) is 13.8. The van der Waals surface area contributed by atoms with Crippen LogP contribution in [0.2, 0.25) is 0 Å². The molecule has 1 N–H and O–H groups in total. The normalized spacial score (nSPS) is 18.7. The lowest BCUT2D eigenvalue weighted by atomic mass is 10.1. The number of ether oxygens (including phenoxy) is 1. The van der Waals surface area contributed by atoms with Crippen LogP contribution in [-0.4, -0.2) is 52.9 Å². The molecule has 2 unspecified atom stereocenters. The van der Waals surface area contributed by atoms with Gasteiger partial charge in [0.15, 0.2) is 0 Å². The second kappa shape index (κ2) is 6.90. The van der Waals surface area contributed by atoms with Crippen LogP contribution in [-0.2, 0) is 16.1 Å². The van der Waals surface area contributed by atoms with E-state index in [1.807, 2.05) is 4.57 Å². The number of aliphatic hydroxyl groups excluding tert-OH is 1. The molecule has 142 valence electrons. The molecule has 2 aromatic carbocycles. The van der Waals surface area contributed by atoms with Crippen LogP contribution in [0, 0.1) is 11.6 Å². The van der Waals surface area contributed by atoms with E-state index in [1.54, 1.807) is 17.0 Å². The summed E-state index contributed by atoms with van der Waals surface area (Å²) in [6.45, 7) is 0.930. The number of amides is 1. The number of aromatic nitrogens is 1. The fourth-order valence-corrected chi connectivity index (χ4v) is 3.88. The van der Waals surface area contributed by atoms with E-state index in [4.69, 9.17) is 4.74 Å². The molecule has 1 aliphatic rings. The highest BCUT2D eigenvalue weighted by atomic mass is 19.1. The van der Waals surface area contributed by atoms with Crippen molar-refractivity contribution in [2.45, 2.75) is 25.2 Å². The van der Waals surface area contributed by atoms with Gasteiger partial charge in [-0.2, -0.15) is 0 Å². The first-order chi connectivity index (χ1) is 13.0. The first-order valence-electron chi connectivity index (χ1n) is 8.84. The molecule has 1 amide bonds. The summed E-state index contributed by atoms with van der Waals surface area (Å²) in [5, 5.41) is 11.8. The standard InChI is InChI=1S/C20H20F2N2O3/c1-27-19-6-7-23(20(19)26)10-14(25)11-24-17-4-2-12(21)8-15(17)16-9-13(22)3-5-18(16)24/h2-5,8-9,14,19,25H,6-7,10-11H2,1H3. The lowest BCUT2D eigenvalue weighted by Gasteiger charge is -2.21. The predicted octanol–water partition coefficient (Wildman–Crippen LogP) is 2.68. The third kappa shape index (κ3) is 3.17. The van der Waals surface area contributed by atoms with Gasteiger partial charge in [0.1, 0.15) is 17.7 Å². The number of halogens is 2. The largest absolute Gasteiger partial charge is 0.389 e. The molecule has 0 aliphatic carbocycles. The Morgan fingerprint density at radius 3 is 2.22 bits per heavy atom. The SMILES string of the molecule is COC1CCN(CC(O)Cn2c3ccc(F)cc3c3cc(F)ccc32)C1=O. The number of fused-ring (bicyclic) bond motifs is 3. The summed E-state index contributed by atoms with van der Waals surface area (Å²) < 4.78 is 34.4. The van der Waals surface area contributed by atoms with Crippen molar-refractivity contribution in [2.75, 3.05) is 20.2 Å². The van der Waals surface area contributed by atoms with Crippen LogP contribution < -0.4 is 0 Å². The van der Waals surface area contributed by atoms with Gasteiger partial charge in [-0.25, -0.2) is 8.78 Å². The molecular formula is C20H20F2N2O3. The molecule has 0 bridgehead atoms. The Morgan fingerprint density at radius 1 is 1.11 bits per heavy atom. The van der Waals surface area contributed by atoms with Gasteiger partial charge in [0, 0.05) is 48.4 Å². The number of rotatable bonds is 5. The van der Waals surface area contributed by atoms with E-state index < -0.39 is 23.8 Å². The minimum Gasteiger partial charge on any atom is -0.389 e. The summed E-state index contributed by atoms with van der Waals surface area (Å²) in [5.41, 5.74) is 1.41. The van der Waals surface area contributed by atoms with Crippen molar-refractivity contribution in [1.82, 2.24) is 9.47 Å².